The first kappa shape index (κ1) is 11.5. The van der Waals surface area contributed by atoms with E-state index in [2.05, 4.69) is 15.0 Å². The molecule has 0 aliphatic rings. The summed E-state index contributed by atoms with van der Waals surface area (Å²) in [6, 6.07) is 0.0480. The van der Waals surface area contributed by atoms with Crippen LogP contribution in [0.1, 0.15) is 26.3 Å². The Morgan fingerprint density at radius 1 is 1.47 bits per heavy atom. The summed E-state index contributed by atoms with van der Waals surface area (Å²) in [5, 5.41) is 0. The van der Waals surface area contributed by atoms with Crippen molar-refractivity contribution in [3.63, 3.8) is 0 Å². The van der Waals surface area contributed by atoms with Crippen molar-refractivity contribution in [2.45, 2.75) is 26.3 Å². The van der Waals surface area contributed by atoms with Gasteiger partial charge >= 0.3 is 0 Å². The first-order chi connectivity index (χ1) is 8.19. The monoisotopic (exact) mass is 233 g/mol. The van der Waals surface area contributed by atoms with Gasteiger partial charge in [-0.3, -0.25) is 0 Å². The van der Waals surface area contributed by atoms with Gasteiger partial charge in [0.15, 0.2) is 11.5 Å². The highest BCUT2D eigenvalue weighted by atomic mass is 16.1. The molecule has 0 bridgehead atoms. The molecule has 17 heavy (non-hydrogen) atoms. The second-order valence-electron chi connectivity index (χ2n) is 4.05. The van der Waals surface area contributed by atoms with E-state index in [9.17, 15) is 4.79 Å². The van der Waals surface area contributed by atoms with Gasteiger partial charge in [-0.1, -0.05) is 13.8 Å². The predicted octanol–water partition coefficient (Wildman–Crippen LogP) is 1.19. The fraction of sp³-hybridized carbons (Fsp3) is 0.455. The zero-order chi connectivity index (χ0) is 12.4. The molecular formula is C11H15N5O. The largest absolute Gasteiger partial charge is 0.382 e. The Morgan fingerprint density at radius 2 is 2.24 bits per heavy atom. The third-order valence-corrected chi connectivity index (χ3v) is 2.98. The van der Waals surface area contributed by atoms with Gasteiger partial charge in [0.25, 0.3) is 0 Å². The smallest absolute Gasteiger partial charge is 0.165 e. The highest BCUT2D eigenvalue weighted by Gasteiger charge is 2.20. The minimum absolute atomic E-state index is 0.0480. The summed E-state index contributed by atoms with van der Waals surface area (Å²) in [7, 11) is 0. The summed E-state index contributed by atoms with van der Waals surface area (Å²) in [6.07, 6.45) is 4.86. The number of aldehydes is 1. The molecule has 0 aliphatic carbocycles. The van der Waals surface area contributed by atoms with Gasteiger partial charge in [-0.05, 0) is 6.42 Å². The van der Waals surface area contributed by atoms with E-state index < -0.39 is 0 Å². The van der Waals surface area contributed by atoms with E-state index >= 15 is 0 Å². The molecule has 0 aliphatic heterocycles. The average molecular weight is 233 g/mol. The predicted molar refractivity (Wildman–Crippen MR) is 64.3 cm³/mol. The molecule has 90 valence electrons. The van der Waals surface area contributed by atoms with Crippen molar-refractivity contribution in [2.24, 2.45) is 5.92 Å². The summed E-state index contributed by atoms with van der Waals surface area (Å²) in [6.45, 7) is 3.92. The second kappa shape index (κ2) is 4.48. The molecule has 0 amide bonds. The Bertz CT molecular complexity index is 536. The van der Waals surface area contributed by atoms with Crippen LogP contribution in [0.4, 0.5) is 5.82 Å². The van der Waals surface area contributed by atoms with Crippen molar-refractivity contribution in [1.29, 1.82) is 0 Å². The molecular weight excluding hydrogens is 218 g/mol. The highest BCUT2D eigenvalue weighted by Crippen LogP contribution is 2.25. The zero-order valence-corrected chi connectivity index (χ0v) is 9.87. The summed E-state index contributed by atoms with van der Waals surface area (Å²) < 4.78 is 1.90. The number of imidazole rings is 1. The third kappa shape index (κ3) is 1.86. The maximum Gasteiger partial charge on any atom is 0.165 e. The van der Waals surface area contributed by atoms with Crippen LogP contribution >= 0.6 is 0 Å². The van der Waals surface area contributed by atoms with Gasteiger partial charge in [-0.2, -0.15) is 0 Å². The minimum atomic E-state index is -0.0893. The van der Waals surface area contributed by atoms with E-state index in [1.165, 1.54) is 6.33 Å². The lowest BCUT2D eigenvalue weighted by Crippen LogP contribution is -2.17. The molecule has 6 heteroatoms. The number of nitrogens with two attached hydrogens (primary N) is 1. The molecule has 0 spiro atoms. The molecule has 2 aromatic rings. The number of carbonyl (C=O) groups excluding carboxylic acids is 1. The maximum absolute atomic E-state index is 10.9. The van der Waals surface area contributed by atoms with E-state index in [0.717, 1.165) is 12.7 Å². The maximum atomic E-state index is 10.9. The number of aromatic nitrogens is 4. The third-order valence-electron chi connectivity index (χ3n) is 2.98. The molecule has 0 saturated carbocycles. The Hall–Kier alpha value is -1.98. The topological polar surface area (TPSA) is 86.7 Å². The molecule has 0 fully saturated rings. The molecule has 2 rings (SSSR count). The van der Waals surface area contributed by atoms with Crippen LogP contribution < -0.4 is 5.73 Å². The highest BCUT2D eigenvalue weighted by molar-refractivity contribution is 5.81. The van der Waals surface area contributed by atoms with Crippen LogP contribution in [0.5, 0.6) is 0 Å². The summed E-state index contributed by atoms with van der Waals surface area (Å²) in [5.41, 5.74) is 6.99. The lowest BCUT2D eigenvalue weighted by molar-refractivity contribution is -0.111. The number of nitrogen functional groups attached to an aromatic ring is 1. The lowest BCUT2D eigenvalue weighted by atomic mass is 10.0. The van der Waals surface area contributed by atoms with Crippen LogP contribution in [0.2, 0.25) is 0 Å². The van der Waals surface area contributed by atoms with Crippen LogP contribution in [0.25, 0.3) is 11.2 Å². The van der Waals surface area contributed by atoms with Gasteiger partial charge in [0.1, 0.15) is 18.1 Å². The molecule has 2 aromatic heterocycles. The van der Waals surface area contributed by atoms with Crippen LogP contribution in [-0.4, -0.2) is 25.8 Å². The molecule has 2 heterocycles. The standard InChI is InChI=1S/C11H15N5O/c1-3-8(7(2)4-17)16-6-15-9-10(12)13-5-14-11(9)16/h4-8H,3H2,1-2H3,(H2,12,13,14). The fourth-order valence-electron chi connectivity index (χ4n) is 2.03. The van der Waals surface area contributed by atoms with Crippen LogP contribution in [0.3, 0.4) is 0 Å². The molecule has 2 unspecified atom stereocenters. The second-order valence-corrected chi connectivity index (χ2v) is 4.05. The summed E-state index contributed by atoms with van der Waals surface area (Å²) in [4.78, 5) is 23.2. The van der Waals surface area contributed by atoms with E-state index in [-0.39, 0.29) is 12.0 Å². The molecule has 0 saturated heterocycles. The van der Waals surface area contributed by atoms with Crippen LogP contribution in [0, 0.1) is 5.92 Å². The van der Waals surface area contributed by atoms with Crippen LogP contribution in [0.15, 0.2) is 12.7 Å². The molecule has 2 atom stereocenters. The number of carbonyl (C=O) groups is 1. The number of nitrogens with zero attached hydrogens (tertiary/aromatic N) is 4. The van der Waals surface area contributed by atoms with Crippen molar-refractivity contribution in [2.75, 3.05) is 5.73 Å². The molecule has 6 nitrogen and oxygen atoms in total. The minimum Gasteiger partial charge on any atom is -0.382 e. The van der Waals surface area contributed by atoms with Crippen molar-refractivity contribution >= 4 is 23.3 Å². The first-order valence-corrected chi connectivity index (χ1v) is 5.57. The molecule has 0 radical (unpaired) electrons. The van der Waals surface area contributed by atoms with Gasteiger partial charge in [0, 0.05) is 12.0 Å². The number of fused-ring (bicyclic) bond motifs is 1. The Morgan fingerprint density at radius 3 is 2.88 bits per heavy atom. The number of anilines is 1. The van der Waals surface area contributed by atoms with E-state index in [0.29, 0.717) is 17.0 Å². The van der Waals surface area contributed by atoms with E-state index in [1.807, 2.05) is 18.4 Å². The van der Waals surface area contributed by atoms with E-state index in [4.69, 9.17) is 5.73 Å². The van der Waals surface area contributed by atoms with Gasteiger partial charge in [0.05, 0.1) is 6.33 Å². The van der Waals surface area contributed by atoms with Gasteiger partial charge in [0.2, 0.25) is 0 Å². The zero-order valence-electron chi connectivity index (χ0n) is 9.87. The van der Waals surface area contributed by atoms with Crippen molar-refractivity contribution in [1.82, 2.24) is 19.5 Å². The van der Waals surface area contributed by atoms with Gasteiger partial charge < -0.3 is 15.1 Å². The van der Waals surface area contributed by atoms with Crippen molar-refractivity contribution < 1.29 is 4.79 Å². The van der Waals surface area contributed by atoms with Crippen molar-refractivity contribution in [3.05, 3.63) is 12.7 Å². The quantitative estimate of drug-likeness (QED) is 0.801. The average Bonchev–Trinajstić information content (AvgIpc) is 2.75. The first-order valence-electron chi connectivity index (χ1n) is 5.57. The van der Waals surface area contributed by atoms with E-state index in [1.54, 1.807) is 6.33 Å². The number of hydrogen-bond acceptors (Lipinski definition) is 5. The SMILES string of the molecule is CCC(C(C)C=O)n1cnc2c(N)ncnc21. The lowest BCUT2D eigenvalue weighted by Gasteiger charge is -2.19. The summed E-state index contributed by atoms with van der Waals surface area (Å²) >= 11 is 0. The van der Waals surface area contributed by atoms with Crippen molar-refractivity contribution in [3.8, 4) is 0 Å². The number of rotatable bonds is 4. The Balaban J connectivity index is 2.55. The van der Waals surface area contributed by atoms with Gasteiger partial charge in [-0.25, -0.2) is 15.0 Å². The molecule has 2 N–H and O–H groups in total. The van der Waals surface area contributed by atoms with Crippen LogP contribution in [-0.2, 0) is 4.79 Å². The fourth-order valence-corrected chi connectivity index (χ4v) is 2.03. The summed E-state index contributed by atoms with van der Waals surface area (Å²) in [5.74, 6) is 0.274. The molecule has 0 aromatic carbocycles. The Labute approximate surface area is 98.9 Å². The number of hydrogen-bond donors (Lipinski definition) is 1. The Kier molecular flexibility index (Phi) is 3.03. The van der Waals surface area contributed by atoms with Gasteiger partial charge in [-0.15, -0.1) is 0 Å². The normalized spacial score (nSPS) is 14.7.